The molecule has 4 aromatic heterocycles. The summed E-state index contributed by atoms with van der Waals surface area (Å²) in [7, 11) is -1.38. The second-order valence-electron chi connectivity index (χ2n) is 15.7. The van der Waals surface area contributed by atoms with E-state index in [4.69, 9.17) is 16.6 Å². The fourth-order valence-corrected chi connectivity index (χ4v) is 9.45. The minimum atomic E-state index is -3.53. The van der Waals surface area contributed by atoms with Crippen molar-refractivity contribution >= 4 is 60.7 Å². The van der Waals surface area contributed by atoms with E-state index in [9.17, 15) is 26.6 Å². The van der Waals surface area contributed by atoms with Gasteiger partial charge in [-0.05, 0) is 72.2 Å². The maximum absolute atomic E-state index is 15.6. The van der Waals surface area contributed by atoms with Crippen molar-refractivity contribution in [2.45, 2.75) is 57.0 Å². The number of nitrogens with one attached hydrogen (secondary N) is 2. The molecule has 7 aromatic rings. The number of benzene rings is 3. The van der Waals surface area contributed by atoms with Crippen LogP contribution in [0.2, 0.25) is 5.02 Å². The minimum absolute atomic E-state index is 0.00511. The number of nitrogens with zero attached hydrogens (tertiary/aromatic N) is 8. The molecular formula is C42H35ClF6N10O3S. The monoisotopic (exact) mass is 908 g/mol. The first kappa shape index (κ1) is 42.0. The molecule has 2 aliphatic rings. The minimum Gasteiger partial charge on any atom is -0.344 e. The van der Waals surface area contributed by atoms with Gasteiger partial charge in [0.15, 0.2) is 5.82 Å². The highest BCUT2D eigenvalue weighted by molar-refractivity contribution is 8.00. The van der Waals surface area contributed by atoms with Gasteiger partial charge in [0.2, 0.25) is 5.91 Å². The summed E-state index contributed by atoms with van der Waals surface area (Å²) in [6, 6.07) is 8.97. The van der Waals surface area contributed by atoms with Crippen molar-refractivity contribution in [3.8, 4) is 16.8 Å². The van der Waals surface area contributed by atoms with E-state index < -0.39 is 87.4 Å². The summed E-state index contributed by atoms with van der Waals surface area (Å²) in [5, 5.41) is 11.4. The number of alkyl halides is 4. The predicted molar refractivity (Wildman–Crippen MR) is 225 cm³/mol. The Morgan fingerprint density at radius 3 is 2.54 bits per heavy atom. The number of carbonyl (C=O) groups is 1. The molecule has 0 aliphatic heterocycles. The molecule has 13 nitrogen and oxygen atoms in total. The Balaban J connectivity index is 1.27. The molecule has 1 amide bonds. The van der Waals surface area contributed by atoms with E-state index in [0.29, 0.717) is 34.0 Å². The van der Waals surface area contributed by atoms with Crippen LogP contribution in [0.25, 0.3) is 38.6 Å². The van der Waals surface area contributed by atoms with Crippen LogP contribution >= 0.6 is 11.6 Å². The number of aryl methyl sites for hydroxylation is 2. The predicted octanol–water partition coefficient (Wildman–Crippen LogP) is 7.34. The molecule has 2 aliphatic carbocycles. The van der Waals surface area contributed by atoms with Gasteiger partial charge < -0.3 is 5.32 Å². The average molecular weight is 909 g/mol. The number of anilines is 1. The van der Waals surface area contributed by atoms with Gasteiger partial charge in [0.1, 0.15) is 41.7 Å². The second kappa shape index (κ2) is 15.2. The number of hydrogen-bond donors (Lipinski definition) is 2. The molecule has 1 saturated carbocycles. The second-order valence-corrected chi connectivity index (χ2v) is 18.3. The van der Waals surface area contributed by atoms with E-state index in [1.165, 1.54) is 36.4 Å². The Morgan fingerprint density at radius 1 is 1.10 bits per heavy atom. The number of carbonyl (C=O) groups excluding carboxylic acids is 1. The molecule has 63 heavy (non-hydrogen) atoms. The molecule has 0 saturated heterocycles. The van der Waals surface area contributed by atoms with Gasteiger partial charge in [0.05, 0.1) is 44.3 Å². The summed E-state index contributed by atoms with van der Waals surface area (Å²) >= 11 is 6.72. The Kier molecular flexibility index (Phi) is 10.2. The molecule has 9 rings (SSSR count). The largest absolute Gasteiger partial charge is 0.344 e. The van der Waals surface area contributed by atoms with Gasteiger partial charge >= 0.3 is 0 Å². The zero-order chi connectivity index (χ0) is 44.9. The van der Waals surface area contributed by atoms with Crippen LogP contribution in [-0.2, 0) is 46.9 Å². The third-order valence-electron chi connectivity index (χ3n) is 11.3. The zero-order valence-corrected chi connectivity index (χ0v) is 35.0. The molecule has 0 spiro atoms. The van der Waals surface area contributed by atoms with Gasteiger partial charge in [0.25, 0.3) is 17.9 Å². The van der Waals surface area contributed by atoms with Gasteiger partial charge in [-0.1, -0.05) is 24.6 Å². The molecular weight excluding hydrogens is 874 g/mol. The van der Waals surface area contributed by atoms with Crippen LogP contribution in [0.4, 0.5) is 32.2 Å². The van der Waals surface area contributed by atoms with Crippen LogP contribution in [0, 0.1) is 17.6 Å². The zero-order valence-electron chi connectivity index (χ0n) is 33.5. The fraction of sp³-hybridized carbons (Fsp3) is 0.286. The molecule has 1 unspecified atom stereocenters. The lowest BCUT2D eigenvalue weighted by Crippen LogP contribution is -2.38. The summed E-state index contributed by atoms with van der Waals surface area (Å²) in [4.78, 5) is 42.8. The van der Waals surface area contributed by atoms with Crippen molar-refractivity contribution in [2.75, 3.05) is 11.0 Å². The highest BCUT2D eigenvalue weighted by Gasteiger charge is 2.67. The normalized spacial score (nSPS) is 17.8. The standard InChI is InChI=1S/C42H35ClF6N10O3S/c1-5-28-25(16-50-18-51-28)20-6-7-23-29(13-20)53-40(59(41(23)61)31-9-8-27(43)34-36(31)57(2)55-39(34)56-63(3,4)62)30(12-19-10-21(44)14-22(45)11-19)52-32(60)17-58-37-33(35(54-58)38(46)47)24-15-26(24)42(37,48)49/h6-11,13-14,16,18,24,26,30,38H,3,5,12,15,17H2,1-2,4H3,(H,52,60)(H,55,56,62)/t24-,26+,30-,63?/m0/s1. The van der Waals surface area contributed by atoms with Crippen LogP contribution in [0.15, 0.2) is 65.8 Å². The fourth-order valence-electron chi connectivity index (χ4n) is 8.65. The highest BCUT2D eigenvalue weighted by Crippen LogP contribution is 2.68. The lowest BCUT2D eigenvalue weighted by Gasteiger charge is -2.24. The van der Waals surface area contributed by atoms with E-state index in [1.807, 2.05) is 6.92 Å². The number of aromatic nitrogens is 8. The van der Waals surface area contributed by atoms with E-state index in [0.717, 1.165) is 16.7 Å². The highest BCUT2D eigenvalue weighted by atomic mass is 35.5. The van der Waals surface area contributed by atoms with Gasteiger partial charge in [-0.15, -0.1) is 0 Å². The number of rotatable bonds is 12. The lowest BCUT2D eigenvalue weighted by atomic mass is 10.0. The van der Waals surface area contributed by atoms with Crippen molar-refractivity contribution in [2.24, 2.45) is 13.0 Å². The SMILES string of the molecule is C=S(C)(=O)Nc1nn(C)c2c(-n3c([C@H](Cc4cc(F)cc(F)c4)NC(=O)Cn4nc(C(F)F)c5c4C(F)(F)[C@@H]4C[C@H]54)nc4cc(-c5cncnc5CC)ccc4c3=O)ccc(Cl)c12. The summed E-state index contributed by atoms with van der Waals surface area (Å²) in [5.41, 5.74) is -0.216. The van der Waals surface area contributed by atoms with E-state index >= 15 is 13.6 Å². The van der Waals surface area contributed by atoms with Crippen LogP contribution in [0.5, 0.6) is 0 Å². The molecule has 3 aromatic carbocycles. The molecule has 326 valence electrons. The van der Waals surface area contributed by atoms with E-state index in [2.05, 4.69) is 36.1 Å². The van der Waals surface area contributed by atoms with Crippen molar-refractivity contribution in [3.05, 3.63) is 122 Å². The Bertz CT molecular complexity index is 3210. The van der Waals surface area contributed by atoms with E-state index in [1.54, 1.807) is 24.4 Å². The summed E-state index contributed by atoms with van der Waals surface area (Å²) in [6.07, 6.45) is 1.27. The molecule has 21 heteroatoms. The Labute approximate surface area is 359 Å². The molecule has 0 radical (unpaired) electrons. The smallest absolute Gasteiger partial charge is 0.293 e. The maximum Gasteiger partial charge on any atom is 0.293 e. The van der Waals surface area contributed by atoms with Crippen LogP contribution in [0.3, 0.4) is 0 Å². The molecule has 4 atom stereocenters. The number of hydrogen-bond acceptors (Lipinski definition) is 8. The molecule has 0 bridgehead atoms. The Morgan fingerprint density at radius 2 is 1.84 bits per heavy atom. The Hall–Kier alpha value is -6.28. The van der Waals surface area contributed by atoms with Crippen molar-refractivity contribution in [1.29, 1.82) is 0 Å². The quantitative estimate of drug-likeness (QED) is 0.0954. The third kappa shape index (κ3) is 7.37. The maximum atomic E-state index is 15.6. The summed E-state index contributed by atoms with van der Waals surface area (Å²) in [5.74, 6) is -4.98. The van der Waals surface area contributed by atoms with Crippen molar-refractivity contribution < 1.29 is 35.3 Å². The number of amides is 1. The topological polar surface area (TPSA) is 155 Å². The summed E-state index contributed by atoms with van der Waals surface area (Å²) < 4.78 is 108. The van der Waals surface area contributed by atoms with Crippen LogP contribution in [0.1, 0.15) is 65.8 Å². The van der Waals surface area contributed by atoms with Gasteiger partial charge in [0, 0.05) is 58.7 Å². The van der Waals surface area contributed by atoms with Gasteiger partial charge in [-0.3, -0.25) is 28.2 Å². The van der Waals surface area contributed by atoms with Gasteiger partial charge in [-0.25, -0.2) is 36.7 Å². The van der Waals surface area contributed by atoms with Crippen molar-refractivity contribution in [3.63, 3.8) is 0 Å². The first-order chi connectivity index (χ1) is 29.8. The van der Waals surface area contributed by atoms with Crippen LogP contribution < -0.4 is 15.6 Å². The van der Waals surface area contributed by atoms with E-state index in [-0.39, 0.29) is 61.7 Å². The van der Waals surface area contributed by atoms with Crippen LogP contribution in [-0.4, -0.2) is 61.3 Å². The first-order valence-electron chi connectivity index (χ1n) is 19.5. The average Bonchev–Trinajstić information content (AvgIpc) is 3.75. The number of halogens is 7. The molecule has 2 N–H and O–H groups in total. The number of fused-ring (bicyclic) bond motifs is 5. The lowest BCUT2D eigenvalue weighted by molar-refractivity contribution is -0.123. The summed E-state index contributed by atoms with van der Waals surface area (Å²) in [6.45, 7) is 0.944. The first-order valence-corrected chi connectivity index (χ1v) is 22.0. The molecule has 1 fully saturated rings. The van der Waals surface area contributed by atoms with Gasteiger partial charge in [-0.2, -0.15) is 19.0 Å². The third-order valence-corrected chi connectivity index (χ3v) is 12.2. The molecule has 4 heterocycles. The van der Waals surface area contributed by atoms with Crippen molar-refractivity contribution in [1.82, 2.24) is 44.4 Å².